The molecule has 1 fully saturated rings. The van der Waals surface area contributed by atoms with Gasteiger partial charge >= 0.3 is 11.9 Å². The number of esters is 2. The summed E-state index contributed by atoms with van der Waals surface area (Å²) in [7, 11) is 0. The monoisotopic (exact) mass is 216 g/mol. The summed E-state index contributed by atoms with van der Waals surface area (Å²) < 4.78 is 4.69. The van der Waals surface area contributed by atoms with E-state index in [1.165, 1.54) is 5.56 Å². The Kier molecular flexibility index (Phi) is 2.06. The van der Waals surface area contributed by atoms with E-state index in [0.29, 0.717) is 6.42 Å². The molecular formula is C13H12O3. The lowest BCUT2D eigenvalue weighted by Crippen LogP contribution is -2.37. The summed E-state index contributed by atoms with van der Waals surface area (Å²) in [5.41, 5.74) is 2.43. The van der Waals surface area contributed by atoms with Crippen LogP contribution in [0.3, 0.4) is 0 Å². The molecule has 0 radical (unpaired) electrons. The number of rotatable bonds is 0. The number of carbonyl (C=O) groups excluding carboxylic acids is 2. The number of carbonyl (C=O) groups is 2. The van der Waals surface area contributed by atoms with E-state index < -0.39 is 0 Å². The molecule has 82 valence electrons. The molecule has 2 aliphatic rings. The number of cyclic esters (lactones) is 2. The van der Waals surface area contributed by atoms with Crippen LogP contribution in [0.2, 0.25) is 0 Å². The van der Waals surface area contributed by atoms with E-state index >= 15 is 0 Å². The third-order valence-corrected chi connectivity index (χ3v) is 3.57. The van der Waals surface area contributed by atoms with E-state index in [0.717, 1.165) is 18.4 Å². The molecule has 3 heteroatoms. The molecule has 1 saturated heterocycles. The average molecular weight is 216 g/mol. The zero-order chi connectivity index (χ0) is 11.1. The Hall–Kier alpha value is -1.64. The van der Waals surface area contributed by atoms with Gasteiger partial charge in [-0.1, -0.05) is 24.3 Å². The maximum Gasteiger partial charge on any atom is 0.317 e. The number of fused-ring (bicyclic) bond motifs is 3. The summed E-state index contributed by atoms with van der Waals surface area (Å²) in [4.78, 5) is 22.9. The van der Waals surface area contributed by atoms with Gasteiger partial charge in [-0.05, 0) is 24.0 Å². The molecule has 0 N–H and O–H groups in total. The van der Waals surface area contributed by atoms with Crippen molar-refractivity contribution >= 4 is 11.9 Å². The van der Waals surface area contributed by atoms with Gasteiger partial charge in [-0.15, -0.1) is 0 Å². The number of aryl methyl sites for hydroxylation is 1. The molecular weight excluding hydrogens is 204 g/mol. The predicted octanol–water partition coefficient (Wildman–Crippen LogP) is 1.81. The number of ether oxygens (including phenoxy) is 1. The van der Waals surface area contributed by atoms with Crippen molar-refractivity contribution in [2.75, 3.05) is 0 Å². The molecule has 2 atom stereocenters. The summed E-state index contributed by atoms with van der Waals surface area (Å²) in [5, 5.41) is 0. The van der Waals surface area contributed by atoms with Gasteiger partial charge in [-0.2, -0.15) is 0 Å². The van der Waals surface area contributed by atoms with E-state index in [9.17, 15) is 9.59 Å². The molecule has 16 heavy (non-hydrogen) atoms. The zero-order valence-electron chi connectivity index (χ0n) is 8.81. The van der Waals surface area contributed by atoms with Gasteiger partial charge in [0.2, 0.25) is 0 Å². The molecule has 0 bridgehead atoms. The topological polar surface area (TPSA) is 43.4 Å². The van der Waals surface area contributed by atoms with Crippen molar-refractivity contribution in [1.82, 2.24) is 0 Å². The Balaban J connectivity index is 2.04. The van der Waals surface area contributed by atoms with Crippen molar-refractivity contribution in [2.45, 2.75) is 25.2 Å². The fourth-order valence-electron chi connectivity index (χ4n) is 2.80. The maximum absolute atomic E-state index is 11.6. The van der Waals surface area contributed by atoms with Gasteiger partial charge in [0.15, 0.2) is 0 Å². The third kappa shape index (κ3) is 1.35. The van der Waals surface area contributed by atoms with Gasteiger partial charge in [-0.25, -0.2) is 0 Å². The van der Waals surface area contributed by atoms with Crippen LogP contribution < -0.4 is 0 Å². The lowest BCUT2D eigenvalue weighted by Gasteiger charge is -2.34. The summed E-state index contributed by atoms with van der Waals surface area (Å²) in [6.45, 7) is 0. The highest BCUT2D eigenvalue weighted by atomic mass is 16.6. The first-order chi connectivity index (χ1) is 7.75. The number of hydrogen-bond donors (Lipinski definition) is 0. The minimum Gasteiger partial charge on any atom is -0.393 e. The van der Waals surface area contributed by atoms with Crippen molar-refractivity contribution in [1.29, 1.82) is 0 Å². The van der Waals surface area contributed by atoms with Gasteiger partial charge in [0.25, 0.3) is 0 Å². The molecule has 0 spiro atoms. The first kappa shape index (κ1) is 9.58. The second kappa shape index (κ2) is 3.44. The summed E-state index contributed by atoms with van der Waals surface area (Å²) in [5.74, 6) is -0.801. The fraction of sp³-hybridized carbons (Fsp3) is 0.385. The lowest BCUT2D eigenvalue weighted by atomic mass is 9.72. The van der Waals surface area contributed by atoms with Gasteiger partial charge < -0.3 is 4.74 Å². The van der Waals surface area contributed by atoms with E-state index in [1.54, 1.807) is 0 Å². The van der Waals surface area contributed by atoms with Crippen LogP contribution in [-0.2, 0) is 20.7 Å². The second-order valence-corrected chi connectivity index (χ2v) is 4.45. The number of hydrogen-bond acceptors (Lipinski definition) is 3. The van der Waals surface area contributed by atoms with Crippen molar-refractivity contribution < 1.29 is 14.3 Å². The van der Waals surface area contributed by atoms with Crippen molar-refractivity contribution in [3.8, 4) is 0 Å². The molecule has 1 heterocycles. The normalized spacial score (nSPS) is 28.0. The third-order valence-electron chi connectivity index (χ3n) is 3.57. The van der Waals surface area contributed by atoms with Gasteiger partial charge in [0.05, 0.1) is 12.3 Å². The Morgan fingerprint density at radius 2 is 1.94 bits per heavy atom. The highest BCUT2D eigenvalue weighted by Gasteiger charge is 2.41. The average Bonchev–Trinajstić information content (AvgIpc) is 2.28. The molecule has 0 amide bonds. The summed E-state index contributed by atoms with van der Waals surface area (Å²) in [6.07, 6.45) is 2.04. The molecule has 1 aromatic rings. The first-order valence-corrected chi connectivity index (χ1v) is 5.58. The first-order valence-electron chi connectivity index (χ1n) is 5.58. The van der Waals surface area contributed by atoms with Crippen LogP contribution in [0, 0.1) is 5.92 Å². The molecule has 1 aliphatic carbocycles. The molecule has 3 rings (SSSR count). The Labute approximate surface area is 93.4 Å². The maximum atomic E-state index is 11.6. The van der Waals surface area contributed by atoms with Gasteiger partial charge in [-0.3, -0.25) is 9.59 Å². The molecule has 2 unspecified atom stereocenters. The SMILES string of the molecule is O=C1CC2c3ccccc3CCC2C(=O)O1. The molecule has 3 nitrogen and oxygen atoms in total. The minimum atomic E-state index is -0.386. The summed E-state index contributed by atoms with van der Waals surface area (Å²) >= 11 is 0. The highest BCUT2D eigenvalue weighted by Crippen LogP contribution is 2.41. The Morgan fingerprint density at radius 1 is 1.12 bits per heavy atom. The number of benzene rings is 1. The van der Waals surface area contributed by atoms with Crippen LogP contribution in [0.25, 0.3) is 0 Å². The van der Waals surface area contributed by atoms with Crippen LogP contribution in [0.5, 0.6) is 0 Å². The van der Waals surface area contributed by atoms with Crippen LogP contribution in [0.15, 0.2) is 24.3 Å². The standard InChI is InChI=1S/C13H12O3/c14-12-7-11-9-4-2-1-3-8(9)5-6-10(11)13(15)16-12/h1-4,10-11H,5-7H2. The van der Waals surface area contributed by atoms with Gasteiger partial charge in [0, 0.05) is 5.92 Å². The smallest absolute Gasteiger partial charge is 0.317 e. The highest BCUT2D eigenvalue weighted by molar-refractivity contribution is 5.91. The Morgan fingerprint density at radius 3 is 2.81 bits per heavy atom. The van der Waals surface area contributed by atoms with Crippen LogP contribution in [0.1, 0.15) is 29.9 Å². The van der Waals surface area contributed by atoms with E-state index in [4.69, 9.17) is 4.74 Å². The largest absolute Gasteiger partial charge is 0.393 e. The fourth-order valence-corrected chi connectivity index (χ4v) is 2.80. The van der Waals surface area contributed by atoms with E-state index in [2.05, 4.69) is 6.07 Å². The Bertz CT molecular complexity index is 464. The molecule has 1 aromatic carbocycles. The molecule has 0 aromatic heterocycles. The van der Waals surface area contributed by atoms with Gasteiger partial charge in [0.1, 0.15) is 0 Å². The zero-order valence-corrected chi connectivity index (χ0v) is 8.81. The van der Waals surface area contributed by atoms with Crippen molar-refractivity contribution in [3.05, 3.63) is 35.4 Å². The van der Waals surface area contributed by atoms with E-state index in [-0.39, 0.29) is 23.8 Å². The van der Waals surface area contributed by atoms with Crippen LogP contribution in [0.4, 0.5) is 0 Å². The molecule has 0 saturated carbocycles. The van der Waals surface area contributed by atoms with Crippen molar-refractivity contribution in [3.63, 3.8) is 0 Å². The lowest BCUT2D eigenvalue weighted by molar-refractivity contribution is -0.169. The second-order valence-electron chi connectivity index (χ2n) is 4.45. The van der Waals surface area contributed by atoms with Crippen molar-refractivity contribution in [2.24, 2.45) is 5.92 Å². The minimum absolute atomic E-state index is 0.0405. The molecule has 1 aliphatic heterocycles. The predicted molar refractivity (Wildman–Crippen MR) is 56.7 cm³/mol. The summed E-state index contributed by atoms with van der Waals surface area (Å²) in [6, 6.07) is 8.07. The quantitative estimate of drug-likeness (QED) is 0.490. The van der Waals surface area contributed by atoms with E-state index in [1.807, 2.05) is 18.2 Å². The van der Waals surface area contributed by atoms with Crippen LogP contribution >= 0.6 is 0 Å². The van der Waals surface area contributed by atoms with Crippen LogP contribution in [-0.4, -0.2) is 11.9 Å².